The molecule has 2 rings (SSSR count). The van der Waals surface area contributed by atoms with Gasteiger partial charge in [-0.05, 0) is 17.7 Å². The lowest BCUT2D eigenvalue weighted by Crippen LogP contribution is -2.39. The summed E-state index contributed by atoms with van der Waals surface area (Å²) in [5, 5.41) is 9.51. The summed E-state index contributed by atoms with van der Waals surface area (Å²) in [5.41, 5.74) is 0.962. The zero-order valence-corrected chi connectivity index (χ0v) is 11.2. The molecule has 1 fully saturated rings. The highest BCUT2D eigenvalue weighted by atomic mass is 32.2. The molecule has 1 saturated heterocycles. The summed E-state index contributed by atoms with van der Waals surface area (Å²) in [6, 6.07) is 7.10. The number of phenols is 1. The molecular weight excluding hydrogens is 250 g/mol. The fourth-order valence-corrected chi connectivity index (χ4v) is 3.27. The predicted octanol–water partition coefficient (Wildman–Crippen LogP) is 2.00. The maximum absolute atomic E-state index is 12.0. The van der Waals surface area contributed by atoms with Crippen LogP contribution in [0.1, 0.15) is 17.4 Å². The van der Waals surface area contributed by atoms with Gasteiger partial charge in [0.2, 0.25) is 5.91 Å². The van der Waals surface area contributed by atoms with Crippen LogP contribution in [0.2, 0.25) is 0 Å². The molecule has 0 spiro atoms. The second-order valence-electron chi connectivity index (χ2n) is 4.15. The minimum absolute atomic E-state index is 0.0199. The van der Waals surface area contributed by atoms with E-state index in [1.165, 1.54) is 0 Å². The van der Waals surface area contributed by atoms with Gasteiger partial charge in [-0.15, -0.1) is 11.8 Å². The number of aromatic hydroxyl groups is 1. The Labute approximate surface area is 111 Å². The Balaban J connectivity index is 2.19. The van der Waals surface area contributed by atoms with Crippen LogP contribution in [-0.4, -0.2) is 41.9 Å². The maximum atomic E-state index is 12.0. The molecular formula is C13H17NO3S. The molecule has 1 aliphatic heterocycles. The van der Waals surface area contributed by atoms with Gasteiger partial charge in [0.25, 0.3) is 0 Å². The van der Waals surface area contributed by atoms with Crippen LogP contribution in [0.4, 0.5) is 0 Å². The third-order valence-electron chi connectivity index (χ3n) is 2.89. The first-order valence-electron chi connectivity index (χ1n) is 5.91. The second-order valence-corrected chi connectivity index (χ2v) is 5.34. The molecule has 1 aromatic carbocycles. The van der Waals surface area contributed by atoms with E-state index in [0.29, 0.717) is 19.6 Å². The molecule has 18 heavy (non-hydrogen) atoms. The molecule has 1 N–H and O–H groups in total. The van der Waals surface area contributed by atoms with Crippen LogP contribution in [0.5, 0.6) is 5.75 Å². The van der Waals surface area contributed by atoms with Crippen molar-refractivity contribution >= 4 is 17.7 Å². The minimum atomic E-state index is -0.0199. The lowest BCUT2D eigenvalue weighted by molar-refractivity contribution is -0.132. The summed E-state index contributed by atoms with van der Waals surface area (Å²) >= 11 is 1.73. The van der Waals surface area contributed by atoms with Crippen LogP contribution in [0, 0.1) is 0 Å². The van der Waals surface area contributed by atoms with Crippen molar-refractivity contribution in [1.29, 1.82) is 0 Å². The Morgan fingerprint density at radius 2 is 2.39 bits per heavy atom. The van der Waals surface area contributed by atoms with Gasteiger partial charge in [0.05, 0.1) is 6.61 Å². The van der Waals surface area contributed by atoms with Gasteiger partial charge in [0, 0.05) is 25.8 Å². The number of phenolic OH excluding ortho intramolecular Hbond substituents is 1. The van der Waals surface area contributed by atoms with E-state index >= 15 is 0 Å². The molecule has 1 unspecified atom stereocenters. The van der Waals surface area contributed by atoms with Crippen molar-refractivity contribution in [2.24, 2.45) is 0 Å². The summed E-state index contributed by atoms with van der Waals surface area (Å²) in [5.74, 6) is 1.21. The zero-order chi connectivity index (χ0) is 13.0. The van der Waals surface area contributed by atoms with Crippen molar-refractivity contribution in [2.75, 3.05) is 26.0 Å². The van der Waals surface area contributed by atoms with E-state index in [0.717, 1.165) is 11.3 Å². The summed E-state index contributed by atoms with van der Waals surface area (Å²) in [6.07, 6.45) is 0.573. The molecule has 0 saturated carbocycles. The Hall–Kier alpha value is -1.20. The van der Waals surface area contributed by atoms with E-state index in [9.17, 15) is 9.90 Å². The van der Waals surface area contributed by atoms with Crippen molar-refractivity contribution in [1.82, 2.24) is 4.90 Å². The zero-order valence-electron chi connectivity index (χ0n) is 10.3. The van der Waals surface area contributed by atoms with Gasteiger partial charge < -0.3 is 14.7 Å². The summed E-state index contributed by atoms with van der Waals surface area (Å²) in [4.78, 5) is 13.8. The fourth-order valence-electron chi connectivity index (χ4n) is 2.01. The number of carbonyl (C=O) groups is 1. The van der Waals surface area contributed by atoms with E-state index in [-0.39, 0.29) is 17.0 Å². The number of thioether (sulfide) groups is 1. The Bertz CT molecular complexity index is 424. The van der Waals surface area contributed by atoms with Crippen LogP contribution in [0.15, 0.2) is 24.3 Å². The molecule has 98 valence electrons. The predicted molar refractivity (Wildman–Crippen MR) is 71.5 cm³/mol. The monoisotopic (exact) mass is 267 g/mol. The molecule has 1 aliphatic rings. The second kappa shape index (κ2) is 6.11. The van der Waals surface area contributed by atoms with Crippen molar-refractivity contribution in [2.45, 2.75) is 11.8 Å². The SMILES string of the molecule is COCCN1C(=O)CCSC1c1cccc(O)c1. The average molecular weight is 267 g/mol. The third kappa shape index (κ3) is 2.97. The first kappa shape index (κ1) is 13.2. The third-order valence-corrected chi connectivity index (χ3v) is 4.17. The molecule has 1 heterocycles. The summed E-state index contributed by atoms with van der Waals surface area (Å²) in [7, 11) is 1.63. The molecule has 0 bridgehead atoms. The van der Waals surface area contributed by atoms with Gasteiger partial charge in [-0.2, -0.15) is 0 Å². The standard InChI is InChI=1S/C13H17NO3S/c1-17-7-6-14-12(16)5-8-18-13(14)10-3-2-4-11(15)9-10/h2-4,9,13,15H,5-8H2,1H3. The number of hydrogen-bond acceptors (Lipinski definition) is 4. The quantitative estimate of drug-likeness (QED) is 0.906. The van der Waals surface area contributed by atoms with Gasteiger partial charge in [0.1, 0.15) is 11.1 Å². The van der Waals surface area contributed by atoms with Crippen molar-refractivity contribution in [3.63, 3.8) is 0 Å². The van der Waals surface area contributed by atoms with Crippen molar-refractivity contribution in [3.05, 3.63) is 29.8 Å². The molecule has 1 amide bonds. The topological polar surface area (TPSA) is 49.8 Å². The van der Waals surface area contributed by atoms with Gasteiger partial charge in [-0.25, -0.2) is 0 Å². The fraction of sp³-hybridized carbons (Fsp3) is 0.462. The maximum Gasteiger partial charge on any atom is 0.224 e. The molecule has 4 nitrogen and oxygen atoms in total. The smallest absolute Gasteiger partial charge is 0.224 e. The summed E-state index contributed by atoms with van der Waals surface area (Å²) < 4.78 is 5.05. The number of rotatable bonds is 4. The lowest BCUT2D eigenvalue weighted by Gasteiger charge is -2.35. The van der Waals surface area contributed by atoms with Gasteiger partial charge in [-0.3, -0.25) is 4.79 Å². The van der Waals surface area contributed by atoms with Crippen LogP contribution < -0.4 is 0 Å². The Morgan fingerprint density at radius 1 is 1.56 bits per heavy atom. The number of methoxy groups -OCH3 is 1. The van der Waals surface area contributed by atoms with Crippen LogP contribution in [-0.2, 0) is 9.53 Å². The van der Waals surface area contributed by atoms with E-state index in [1.54, 1.807) is 37.1 Å². The van der Waals surface area contributed by atoms with Crippen LogP contribution in [0.25, 0.3) is 0 Å². The number of benzene rings is 1. The first-order chi connectivity index (χ1) is 8.72. The number of hydrogen-bond donors (Lipinski definition) is 1. The average Bonchev–Trinajstić information content (AvgIpc) is 2.37. The normalized spacial score (nSPS) is 20.2. The van der Waals surface area contributed by atoms with Crippen molar-refractivity contribution < 1.29 is 14.6 Å². The molecule has 1 atom stereocenters. The van der Waals surface area contributed by atoms with Gasteiger partial charge >= 0.3 is 0 Å². The molecule has 5 heteroatoms. The molecule has 0 aliphatic carbocycles. The lowest BCUT2D eigenvalue weighted by atomic mass is 10.2. The largest absolute Gasteiger partial charge is 0.508 e. The van der Waals surface area contributed by atoms with E-state index in [1.807, 2.05) is 11.0 Å². The minimum Gasteiger partial charge on any atom is -0.508 e. The number of amides is 1. The van der Waals surface area contributed by atoms with E-state index < -0.39 is 0 Å². The molecule has 0 radical (unpaired) electrons. The van der Waals surface area contributed by atoms with Gasteiger partial charge in [0.15, 0.2) is 0 Å². The first-order valence-corrected chi connectivity index (χ1v) is 6.96. The van der Waals surface area contributed by atoms with E-state index in [4.69, 9.17) is 4.74 Å². The number of carbonyl (C=O) groups excluding carboxylic acids is 1. The van der Waals surface area contributed by atoms with Crippen LogP contribution in [0.3, 0.4) is 0 Å². The number of nitrogens with zero attached hydrogens (tertiary/aromatic N) is 1. The highest BCUT2D eigenvalue weighted by molar-refractivity contribution is 7.99. The molecule has 1 aromatic rings. The number of ether oxygens (including phenoxy) is 1. The molecule has 0 aromatic heterocycles. The highest BCUT2D eigenvalue weighted by Crippen LogP contribution is 2.37. The van der Waals surface area contributed by atoms with Gasteiger partial charge in [-0.1, -0.05) is 12.1 Å². The van der Waals surface area contributed by atoms with Crippen LogP contribution >= 0.6 is 11.8 Å². The van der Waals surface area contributed by atoms with Crippen molar-refractivity contribution in [3.8, 4) is 5.75 Å². The van der Waals surface area contributed by atoms with E-state index in [2.05, 4.69) is 0 Å². The summed E-state index contributed by atoms with van der Waals surface area (Å²) in [6.45, 7) is 1.12. The Kier molecular flexibility index (Phi) is 4.49. The highest BCUT2D eigenvalue weighted by Gasteiger charge is 2.29. The Morgan fingerprint density at radius 3 is 3.11 bits per heavy atom.